The smallest absolute Gasteiger partial charge is 0.217 e. The highest BCUT2D eigenvalue weighted by atomic mass is 16.8. The maximum Gasteiger partial charge on any atom is 0.217 e. The Morgan fingerprint density at radius 1 is 0.471 bits per heavy atom. The van der Waals surface area contributed by atoms with Gasteiger partial charge in [-0.05, 0) is 0 Å². The van der Waals surface area contributed by atoms with E-state index in [1.54, 1.807) is 0 Å². The molecule has 4 fully saturated rings. The van der Waals surface area contributed by atoms with Crippen molar-refractivity contribution in [2.45, 2.75) is 137 Å². The Labute approximate surface area is 289 Å². The van der Waals surface area contributed by atoms with Crippen LogP contribution in [0.5, 0.6) is 0 Å². The second-order valence-corrected chi connectivity index (χ2v) is 12.6. The number of aliphatic hydroxyl groups excluding tert-OH is 12. The first-order valence-corrected chi connectivity index (χ1v) is 16.1. The van der Waals surface area contributed by atoms with E-state index in [0.717, 1.165) is 13.8 Å². The van der Waals surface area contributed by atoms with Crippen LogP contribution in [0.4, 0.5) is 0 Å². The minimum atomic E-state index is -2.05. The predicted octanol–water partition coefficient (Wildman–Crippen LogP) is -9.46. The molecule has 0 aliphatic carbocycles. The van der Waals surface area contributed by atoms with Crippen molar-refractivity contribution in [3.8, 4) is 0 Å². The molecule has 51 heavy (non-hydrogen) atoms. The van der Waals surface area contributed by atoms with Gasteiger partial charge < -0.3 is 105 Å². The first kappa shape index (κ1) is 41.9. The predicted molar refractivity (Wildman–Crippen MR) is 157 cm³/mol. The van der Waals surface area contributed by atoms with Gasteiger partial charge in [0, 0.05) is 13.8 Å². The van der Waals surface area contributed by atoms with E-state index in [1.165, 1.54) is 0 Å². The molecular formula is C28H48N2O21. The molecule has 2 amide bonds. The highest BCUT2D eigenvalue weighted by Gasteiger charge is 2.55. The zero-order valence-electron chi connectivity index (χ0n) is 27.4. The summed E-state index contributed by atoms with van der Waals surface area (Å²) in [5.74, 6) is -1.45. The lowest BCUT2D eigenvalue weighted by molar-refractivity contribution is -0.375. The number of nitrogens with one attached hydrogen (secondary N) is 2. The van der Waals surface area contributed by atoms with Crippen molar-refractivity contribution >= 4 is 11.8 Å². The molecule has 296 valence electrons. The van der Waals surface area contributed by atoms with E-state index in [4.69, 9.17) is 33.2 Å². The molecule has 0 radical (unpaired) electrons. The Bertz CT molecular complexity index is 1140. The highest BCUT2D eigenvalue weighted by Crippen LogP contribution is 2.34. The first-order chi connectivity index (χ1) is 24.1. The Morgan fingerprint density at radius 2 is 0.902 bits per heavy atom. The van der Waals surface area contributed by atoms with Gasteiger partial charge in [-0.2, -0.15) is 0 Å². The number of amides is 2. The zero-order valence-corrected chi connectivity index (χ0v) is 27.4. The van der Waals surface area contributed by atoms with Gasteiger partial charge in [0.05, 0.1) is 26.4 Å². The van der Waals surface area contributed by atoms with E-state index in [1.807, 2.05) is 0 Å². The monoisotopic (exact) mass is 748 g/mol. The van der Waals surface area contributed by atoms with Gasteiger partial charge in [-0.15, -0.1) is 0 Å². The maximum absolute atomic E-state index is 12.2. The molecule has 4 rings (SSSR count). The molecule has 0 saturated carbocycles. The molecule has 20 atom stereocenters. The number of ether oxygens (including phenoxy) is 7. The Morgan fingerprint density at radius 3 is 1.45 bits per heavy atom. The third-order valence-electron chi connectivity index (χ3n) is 9.01. The van der Waals surface area contributed by atoms with Gasteiger partial charge in [0.25, 0.3) is 0 Å². The van der Waals surface area contributed by atoms with E-state index in [0.29, 0.717) is 0 Å². The molecular weight excluding hydrogens is 700 g/mol. The highest BCUT2D eigenvalue weighted by molar-refractivity contribution is 5.73. The van der Waals surface area contributed by atoms with Crippen molar-refractivity contribution in [3.05, 3.63) is 0 Å². The summed E-state index contributed by atoms with van der Waals surface area (Å²) in [6.07, 6.45) is -31.5. The Hall–Kier alpha value is -1.82. The van der Waals surface area contributed by atoms with Gasteiger partial charge >= 0.3 is 0 Å². The van der Waals surface area contributed by atoms with E-state index in [2.05, 4.69) is 10.6 Å². The van der Waals surface area contributed by atoms with Crippen LogP contribution in [0.2, 0.25) is 0 Å². The van der Waals surface area contributed by atoms with Gasteiger partial charge in [-0.25, -0.2) is 0 Å². The van der Waals surface area contributed by atoms with Crippen LogP contribution in [0.25, 0.3) is 0 Å². The molecule has 4 aliphatic rings. The summed E-state index contributed by atoms with van der Waals surface area (Å²) in [7, 11) is 0. The van der Waals surface area contributed by atoms with Crippen LogP contribution in [0.15, 0.2) is 0 Å². The number of carbonyl (C=O) groups excluding carboxylic acids is 2. The lowest BCUT2D eigenvalue weighted by Crippen LogP contribution is -2.70. The van der Waals surface area contributed by atoms with Crippen LogP contribution in [-0.2, 0) is 42.7 Å². The van der Waals surface area contributed by atoms with Crippen LogP contribution in [-0.4, -0.2) is 222 Å². The van der Waals surface area contributed by atoms with Gasteiger partial charge in [-0.1, -0.05) is 0 Å². The maximum atomic E-state index is 12.2. The van der Waals surface area contributed by atoms with Crippen LogP contribution in [0.3, 0.4) is 0 Å². The number of rotatable bonds is 12. The van der Waals surface area contributed by atoms with E-state index in [9.17, 15) is 70.9 Å². The van der Waals surface area contributed by atoms with Crippen LogP contribution in [0, 0.1) is 0 Å². The minimum Gasteiger partial charge on any atom is -0.394 e. The third kappa shape index (κ3) is 9.11. The molecule has 23 heteroatoms. The molecule has 4 aliphatic heterocycles. The summed E-state index contributed by atoms with van der Waals surface area (Å²) in [5, 5.41) is 130. The fourth-order valence-electron chi connectivity index (χ4n) is 6.35. The summed E-state index contributed by atoms with van der Waals surface area (Å²) in [5.41, 5.74) is 0. The second-order valence-electron chi connectivity index (χ2n) is 12.6. The quantitative estimate of drug-likeness (QED) is 0.0881. The topological polar surface area (TPSA) is 366 Å². The second kappa shape index (κ2) is 18.0. The SMILES string of the molecule is CC(=O)N[C@@H]1[C@@H](O[C@@H]2O[C@H](CO)[C@H](O)[C@H](O[C@@H]3O[C@H](CO)[C@@H](O[C@@H]4O[C@H](CO)[C@H](O)[C@H](O)[C@H]4O)[C@H](O)[C@H]3NC(C)=O)[C@H]2O)[C@@H](O)[C@@H](CO)O[C@@H]1O. The van der Waals surface area contributed by atoms with Crippen molar-refractivity contribution < 1.29 is 104 Å². The molecule has 0 aromatic carbocycles. The van der Waals surface area contributed by atoms with Crippen molar-refractivity contribution in [2.75, 3.05) is 26.4 Å². The fraction of sp³-hybridized carbons (Fsp3) is 0.929. The summed E-state index contributed by atoms with van der Waals surface area (Å²) >= 11 is 0. The molecule has 14 N–H and O–H groups in total. The summed E-state index contributed by atoms with van der Waals surface area (Å²) < 4.78 is 39.0. The molecule has 0 spiro atoms. The molecule has 23 nitrogen and oxygen atoms in total. The largest absolute Gasteiger partial charge is 0.394 e. The normalized spacial score (nSPS) is 47.8. The van der Waals surface area contributed by atoms with Crippen LogP contribution < -0.4 is 10.6 Å². The van der Waals surface area contributed by atoms with Gasteiger partial charge in [0.1, 0.15) is 97.5 Å². The zero-order chi connectivity index (χ0) is 37.9. The Balaban J connectivity index is 1.58. The van der Waals surface area contributed by atoms with Gasteiger partial charge in [0.15, 0.2) is 25.2 Å². The standard InChI is InChI=1S/C28H48N2O21/c1-7(35)29-13-18(40)22(49-27-20(42)19(41)15(37)9(3-31)46-27)12(6-34)48-26(13)51-24-17(39)11(5-33)47-28(21(24)43)50-23-14(30-8(2)36)25(44)45-10(4-32)16(23)38/h9-28,31-34,37-44H,3-6H2,1-2H3,(H,29,35)(H,30,36)/t9-,10-,11-,12-,13-,14-,15+,16+,17+,18-,19+,20-,21-,22-,23-,24+,25+,26+,27+,28+/m1/s1. The van der Waals surface area contributed by atoms with Crippen molar-refractivity contribution in [1.82, 2.24) is 10.6 Å². The van der Waals surface area contributed by atoms with E-state index in [-0.39, 0.29) is 0 Å². The number of hydrogen-bond acceptors (Lipinski definition) is 21. The van der Waals surface area contributed by atoms with Gasteiger partial charge in [0.2, 0.25) is 11.8 Å². The van der Waals surface area contributed by atoms with Crippen LogP contribution in [0.1, 0.15) is 13.8 Å². The molecule has 4 heterocycles. The third-order valence-corrected chi connectivity index (χ3v) is 9.01. The first-order valence-electron chi connectivity index (χ1n) is 16.1. The summed E-state index contributed by atoms with van der Waals surface area (Å²) in [6.45, 7) is -1.29. The lowest BCUT2D eigenvalue weighted by Gasteiger charge is -2.50. The van der Waals surface area contributed by atoms with Crippen LogP contribution >= 0.6 is 0 Å². The van der Waals surface area contributed by atoms with Crippen molar-refractivity contribution in [2.24, 2.45) is 0 Å². The fourth-order valence-corrected chi connectivity index (χ4v) is 6.35. The number of carbonyl (C=O) groups is 2. The molecule has 0 aromatic heterocycles. The van der Waals surface area contributed by atoms with Crippen molar-refractivity contribution in [1.29, 1.82) is 0 Å². The molecule has 0 bridgehead atoms. The Kier molecular flexibility index (Phi) is 14.8. The number of aliphatic hydroxyl groups is 12. The molecule has 4 saturated heterocycles. The van der Waals surface area contributed by atoms with E-state index < -0.39 is 161 Å². The van der Waals surface area contributed by atoms with Gasteiger partial charge in [-0.3, -0.25) is 9.59 Å². The lowest BCUT2D eigenvalue weighted by atomic mass is 9.94. The molecule has 0 aromatic rings. The van der Waals surface area contributed by atoms with E-state index >= 15 is 0 Å². The molecule has 0 unspecified atom stereocenters. The van der Waals surface area contributed by atoms with Crippen molar-refractivity contribution in [3.63, 3.8) is 0 Å². The minimum absolute atomic E-state index is 0.690. The average Bonchev–Trinajstić information content (AvgIpc) is 3.09. The number of hydrogen-bond donors (Lipinski definition) is 14. The summed E-state index contributed by atoms with van der Waals surface area (Å²) in [6, 6.07) is -3.11. The average molecular weight is 749 g/mol. The summed E-state index contributed by atoms with van der Waals surface area (Å²) in [4.78, 5) is 24.1.